The maximum atomic E-state index is 12.3. The first-order valence-electron chi connectivity index (χ1n) is 9.38. The van der Waals surface area contributed by atoms with E-state index in [-0.39, 0.29) is 18.6 Å². The van der Waals surface area contributed by atoms with Crippen molar-refractivity contribution in [1.29, 1.82) is 0 Å². The van der Waals surface area contributed by atoms with E-state index in [0.717, 1.165) is 35.7 Å². The van der Waals surface area contributed by atoms with Crippen molar-refractivity contribution in [3.8, 4) is 5.75 Å². The molecule has 1 saturated heterocycles. The Balaban J connectivity index is 1.54. The molecule has 1 aromatic carbocycles. The maximum Gasteiger partial charge on any atom is 0.258 e. The minimum atomic E-state index is -0.112. The molecule has 26 heavy (non-hydrogen) atoms. The van der Waals surface area contributed by atoms with Crippen molar-refractivity contribution < 1.29 is 13.9 Å². The number of nitrogens with zero attached hydrogens (tertiary/aromatic N) is 1. The normalized spacial score (nSPS) is 16.2. The molecule has 0 radical (unpaired) electrons. The average Bonchev–Trinajstić information content (AvgIpc) is 3.18. The number of hydrogen-bond acceptors (Lipinski definition) is 4. The van der Waals surface area contributed by atoms with E-state index < -0.39 is 0 Å². The number of amides is 1. The van der Waals surface area contributed by atoms with Crippen molar-refractivity contribution in [2.45, 2.75) is 39.2 Å². The number of hydrogen-bond donors (Lipinski definition) is 1. The summed E-state index contributed by atoms with van der Waals surface area (Å²) >= 11 is 0. The van der Waals surface area contributed by atoms with Crippen molar-refractivity contribution in [3.05, 3.63) is 53.5 Å². The summed E-state index contributed by atoms with van der Waals surface area (Å²) in [4.78, 5) is 14.7. The molecule has 0 bridgehead atoms. The van der Waals surface area contributed by atoms with Crippen LogP contribution in [-0.4, -0.2) is 37.0 Å². The molecule has 1 N–H and O–H groups in total. The van der Waals surface area contributed by atoms with Crippen LogP contribution in [0.25, 0.3) is 0 Å². The molecule has 3 rings (SSSR count). The third kappa shape index (κ3) is 4.67. The van der Waals surface area contributed by atoms with E-state index >= 15 is 0 Å². The molecule has 1 atom stereocenters. The first kappa shape index (κ1) is 18.5. The Hall–Kier alpha value is -2.27. The Bertz CT molecular complexity index is 706. The first-order chi connectivity index (χ1) is 12.6. The van der Waals surface area contributed by atoms with Crippen LogP contribution in [0.1, 0.15) is 42.2 Å². The second-order valence-electron chi connectivity index (χ2n) is 6.92. The standard InChI is InChI=1S/C21H28N2O3/c1-16-8-6-9-19(17(16)2)26-15-21(24)22-14-18(20-10-7-13-25-20)23-11-4-3-5-12-23/h6-10,13,18H,3-5,11-12,14-15H2,1-2H3,(H,22,24)/t18-/m1/s1. The van der Waals surface area contributed by atoms with Gasteiger partial charge in [-0.15, -0.1) is 0 Å². The van der Waals surface area contributed by atoms with Gasteiger partial charge in [0, 0.05) is 6.54 Å². The van der Waals surface area contributed by atoms with Gasteiger partial charge in [0.05, 0.1) is 12.3 Å². The molecule has 140 valence electrons. The van der Waals surface area contributed by atoms with Gasteiger partial charge >= 0.3 is 0 Å². The lowest BCUT2D eigenvalue weighted by molar-refractivity contribution is -0.123. The van der Waals surface area contributed by atoms with E-state index in [1.165, 1.54) is 19.3 Å². The van der Waals surface area contributed by atoms with Gasteiger partial charge in [-0.2, -0.15) is 0 Å². The van der Waals surface area contributed by atoms with E-state index in [1.807, 2.05) is 44.2 Å². The highest BCUT2D eigenvalue weighted by Gasteiger charge is 2.24. The number of carbonyl (C=O) groups excluding carboxylic acids is 1. The molecule has 1 aromatic heterocycles. The SMILES string of the molecule is Cc1cccc(OCC(=O)NC[C@H](c2ccco2)N2CCCCC2)c1C. The van der Waals surface area contributed by atoms with E-state index in [1.54, 1.807) is 6.26 Å². The summed E-state index contributed by atoms with van der Waals surface area (Å²) < 4.78 is 11.3. The molecular formula is C21H28N2O3. The van der Waals surface area contributed by atoms with Crippen LogP contribution in [0.2, 0.25) is 0 Å². The summed E-state index contributed by atoms with van der Waals surface area (Å²) in [6, 6.07) is 9.84. The molecule has 1 aliphatic rings. The monoisotopic (exact) mass is 356 g/mol. The van der Waals surface area contributed by atoms with Crippen LogP contribution >= 0.6 is 0 Å². The van der Waals surface area contributed by atoms with Gasteiger partial charge in [0.15, 0.2) is 6.61 Å². The van der Waals surface area contributed by atoms with Gasteiger partial charge < -0.3 is 14.5 Å². The number of carbonyl (C=O) groups is 1. The fourth-order valence-electron chi connectivity index (χ4n) is 3.41. The lowest BCUT2D eigenvalue weighted by Crippen LogP contribution is -2.41. The molecular weight excluding hydrogens is 328 g/mol. The number of rotatable bonds is 7. The second kappa shape index (κ2) is 8.90. The Morgan fingerprint density at radius 3 is 2.73 bits per heavy atom. The fraction of sp³-hybridized carbons (Fsp3) is 0.476. The van der Waals surface area contributed by atoms with Crippen molar-refractivity contribution in [3.63, 3.8) is 0 Å². The van der Waals surface area contributed by atoms with Gasteiger partial charge in [-0.3, -0.25) is 9.69 Å². The highest BCUT2D eigenvalue weighted by molar-refractivity contribution is 5.77. The first-order valence-corrected chi connectivity index (χ1v) is 9.38. The number of likely N-dealkylation sites (tertiary alicyclic amines) is 1. The van der Waals surface area contributed by atoms with Gasteiger partial charge in [-0.25, -0.2) is 0 Å². The maximum absolute atomic E-state index is 12.3. The molecule has 2 heterocycles. The Labute approximate surface area is 155 Å². The molecule has 0 aliphatic carbocycles. The molecule has 1 amide bonds. The predicted molar refractivity (Wildman–Crippen MR) is 101 cm³/mol. The number of aryl methyl sites for hydroxylation is 1. The third-order valence-corrected chi connectivity index (χ3v) is 5.11. The summed E-state index contributed by atoms with van der Waals surface area (Å²) in [6.07, 6.45) is 5.36. The minimum Gasteiger partial charge on any atom is -0.483 e. The van der Waals surface area contributed by atoms with Gasteiger partial charge in [-0.05, 0) is 69.1 Å². The highest BCUT2D eigenvalue weighted by Crippen LogP contribution is 2.24. The summed E-state index contributed by atoms with van der Waals surface area (Å²) in [7, 11) is 0. The van der Waals surface area contributed by atoms with Gasteiger partial charge in [-0.1, -0.05) is 18.6 Å². The molecule has 5 heteroatoms. The Morgan fingerprint density at radius 1 is 1.19 bits per heavy atom. The summed E-state index contributed by atoms with van der Waals surface area (Å²) in [5.74, 6) is 1.56. The van der Waals surface area contributed by atoms with Gasteiger partial charge in [0.1, 0.15) is 11.5 Å². The molecule has 0 spiro atoms. The van der Waals surface area contributed by atoms with Crippen LogP contribution < -0.4 is 10.1 Å². The topological polar surface area (TPSA) is 54.7 Å². The number of ether oxygens (including phenoxy) is 1. The second-order valence-corrected chi connectivity index (χ2v) is 6.92. The van der Waals surface area contributed by atoms with Crippen LogP contribution in [-0.2, 0) is 4.79 Å². The number of piperidine rings is 1. The summed E-state index contributed by atoms with van der Waals surface area (Å²) in [6.45, 7) is 6.68. The van der Waals surface area contributed by atoms with Crippen LogP contribution in [0, 0.1) is 13.8 Å². The minimum absolute atomic E-state index is 0.0230. The molecule has 1 aliphatic heterocycles. The summed E-state index contributed by atoms with van der Waals surface area (Å²) in [5.41, 5.74) is 2.23. The average molecular weight is 356 g/mol. The van der Waals surface area contributed by atoms with Gasteiger partial charge in [0.25, 0.3) is 5.91 Å². The Morgan fingerprint density at radius 2 is 2.00 bits per heavy atom. The zero-order valence-corrected chi connectivity index (χ0v) is 15.7. The lowest BCUT2D eigenvalue weighted by atomic mass is 10.1. The van der Waals surface area contributed by atoms with E-state index in [0.29, 0.717) is 6.54 Å². The molecule has 5 nitrogen and oxygen atoms in total. The number of nitrogens with one attached hydrogen (secondary N) is 1. The molecule has 2 aromatic rings. The largest absolute Gasteiger partial charge is 0.483 e. The molecule has 0 saturated carbocycles. The summed E-state index contributed by atoms with van der Waals surface area (Å²) in [5, 5.41) is 3.01. The smallest absolute Gasteiger partial charge is 0.258 e. The van der Waals surface area contributed by atoms with Crippen LogP contribution in [0.15, 0.2) is 41.0 Å². The predicted octanol–water partition coefficient (Wildman–Crippen LogP) is 3.62. The molecule has 1 fully saturated rings. The van der Waals surface area contributed by atoms with Crippen LogP contribution in [0.4, 0.5) is 0 Å². The highest BCUT2D eigenvalue weighted by atomic mass is 16.5. The molecule has 0 unspecified atom stereocenters. The number of benzene rings is 1. The third-order valence-electron chi connectivity index (χ3n) is 5.11. The van der Waals surface area contributed by atoms with Crippen molar-refractivity contribution in [1.82, 2.24) is 10.2 Å². The van der Waals surface area contributed by atoms with Gasteiger partial charge in [0.2, 0.25) is 0 Å². The fourth-order valence-corrected chi connectivity index (χ4v) is 3.41. The zero-order valence-electron chi connectivity index (χ0n) is 15.7. The quantitative estimate of drug-likeness (QED) is 0.823. The van der Waals surface area contributed by atoms with E-state index in [2.05, 4.69) is 10.2 Å². The van der Waals surface area contributed by atoms with E-state index in [9.17, 15) is 4.79 Å². The number of furan rings is 1. The van der Waals surface area contributed by atoms with Crippen LogP contribution in [0.3, 0.4) is 0 Å². The van der Waals surface area contributed by atoms with Crippen molar-refractivity contribution in [2.24, 2.45) is 0 Å². The van der Waals surface area contributed by atoms with Crippen molar-refractivity contribution >= 4 is 5.91 Å². The van der Waals surface area contributed by atoms with E-state index in [4.69, 9.17) is 9.15 Å². The lowest BCUT2D eigenvalue weighted by Gasteiger charge is -2.33. The Kier molecular flexibility index (Phi) is 6.34. The van der Waals surface area contributed by atoms with Crippen LogP contribution in [0.5, 0.6) is 5.75 Å². The zero-order chi connectivity index (χ0) is 18.4. The van der Waals surface area contributed by atoms with Crippen molar-refractivity contribution in [2.75, 3.05) is 26.2 Å².